The van der Waals surface area contributed by atoms with Crippen molar-refractivity contribution in [3.63, 3.8) is 0 Å². The van der Waals surface area contributed by atoms with Crippen molar-refractivity contribution in [2.75, 3.05) is 13.7 Å². The SMILES string of the molecule is CCCCCC(CCCC(=O)OC)OC=O.CCO. The highest BCUT2D eigenvalue weighted by atomic mass is 16.5. The fourth-order valence-corrected chi connectivity index (χ4v) is 1.56. The zero-order valence-corrected chi connectivity index (χ0v) is 12.4. The molecule has 0 aliphatic heterocycles. The van der Waals surface area contributed by atoms with E-state index in [9.17, 15) is 9.59 Å². The molecule has 19 heavy (non-hydrogen) atoms. The molecule has 5 nitrogen and oxygen atoms in total. The van der Waals surface area contributed by atoms with Crippen molar-refractivity contribution in [3.05, 3.63) is 0 Å². The summed E-state index contributed by atoms with van der Waals surface area (Å²) >= 11 is 0. The molecule has 0 aromatic rings. The molecule has 0 aromatic heterocycles. The van der Waals surface area contributed by atoms with E-state index in [1.165, 1.54) is 7.11 Å². The third kappa shape index (κ3) is 16.9. The molecule has 0 aromatic carbocycles. The Kier molecular flexibility index (Phi) is 18.0. The Morgan fingerprint density at radius 1 is 1.21 bits per heavy atom. The van der Waals surface area contributed by atoms with E-state index in [0.29, 0.717) is 19.3 Å². The summed E-state index contributed by atoms with van der Waals surface area (Å²) in [5, 5.41) is 7.57. The van der Waals surface area contributed by atoms with E-state index in [2.05, 4.69) is 11.7 Å². The summed E-state index contributed by atoms with van der Waals surface area (Å²) < 4.78 is 9.51. The van der Waals surface area contributed by atoms with Crippen molar-refractivity contribution in [1.29, 1.82) is 0 Å². The maximum Gasteiger partial charge on any atom is 0.305 e. The Balaban J connectivity index is 0. The van der Waals surface area contributed by atoms with E-state index in [4.69, 9.17) is 9.84 Å². The molecule has 0 radical (unpaired) electrons. The van der Waals surface area contributed by atoms with Crippen LogP contribution in [0.25, 0.3) is 0 Å². The zero-order valence-electron chi connectivity index (χ0n) is 12.4. The summed E-state index contributed by atoms with van der Waals surface area (Å²) in [6, 6.07) is 0. The molecule has 0 rings (SSSR count). The van der Waals surface area contributed by atoms with Crippen LogP contribution in [-0.4, -0.2) is 37.4 Å². The van der Waals surface area contributed by atoms with Gasteiger partial charge in [0.2, 0.25) is 0 Å². The van der Waals surface area contributed by atoms with Crippen LogP contribution in [0.1, 0.15) is 58.8 Å². The van der Waals surface area contributed by atoms with Gasteiger partial charge in [0, 0.05) is 13.0 Å². The lowest BCUT2D eigenvalue weighted by Gasteiger charge is -2.14. The van der Waals surface area contributed by atoms with Crippen LogP contribution < -0.4 is 0 Å². The first-order valence-electron chi connectivity index (χ1n) is 6.92. The van der Waals surface area contributed by atoms with Gasteiger partial charge in [-0.1, -0.05) is 19.8 Å². The van der Waals surface area contributed by atoms with Crippen molar-refractivity contribution in [2.24, 2.45) is 0 Å². The standard InChI is InChI=1S/C12H22O4.C2H6O/c1-3-4-5-7-11(16-10-13)8-6-9-12(14)15-2;1-2-3/h10-11H,3-9H2,1-2H3;3H,2H2,1H3. The van der Waals surface area contributed by atoms with Gasteiger partial charge in [0.15, 0.2) is 0 Å². The molecule has 0 heterocycles. The molecule has 1 N–H and O–H groups in total. The first-order valence-corrected chi connectivity index (χ1v) is 6.92. The fraction of sp³-hybridized carbons (Fsp3) is 0.857. The van der Waals surface area contributed by atoms with Crippen molar-refractivity contribution in [3.8, 4) is 0 Å². The molecule has 1 atom stereocenters. The van der Waals surface area contributed by atoms with Crippen LogP contribution >= 0.6 is 0 Å². The van der Waals surface area contributed by atoms with E-state index in [1.54, 1.807) is 6.92 Å². The monoisotopic (exact) mass is 276 g/mol. The molecule has 5 heteroatoms. The van der Waals surface area contributed by atoms with Gasteiger partial charge in [-0.05, 0) is 32.6 Å². The number of aliphatic hydroxyl groups excluding tert-OH is 1. The van der Waals surface area contributed by atoms with Crippen LogP contribution in [0.4, 0.5) is 0 Å². The summed E-state index contributed by atoms with van der Waals surface area (Å²) in [6.45, 7) is 4.56. The largest absolute Gasteiger partial charge is 0.469 e. The summed E-state index contributed by atoms with van der Waals surface area (Å²) in [7, 11) is 1.38. The van der Waals surface area contributed by atoms with Gasteiger partial charge in [0.05, 0.1) is 7.11 Å². The summed E-state index contributed by atoms with van der Waals surface area (Å²) in [5.41, 5.74) is 0. The van der Waals surface area contributed by atoms with E-state index < -0.39 is 0 Å². The topological polar surface area (TPSA) is 72.8 Å². The summed E-state index contributed by atoms with van der Waals surface area (Å²) in [5.74, 6) is -0.210. The lowest BCUT2D eigenvalue weighted by molar-refractivity contribution is -0.140. The Morgan fingerprint density at radius 2 is 1.79 bits per heavy atom. The van der Waals surface area contributed by atoms with E-state index in [1.807, 2.05) is 0 Å². The van der Waals surface area contributed by atoms with E-state index in [0.717, 1.165) is 32.1 Å². The normalized spacial score (nSPS) is 10.9. The minimum atomic E-state index is -0.210. The van der Waals surface area contributed by atoms with Gasteiger partial charge < -0.3 is 14.6 Å². The molecule has 0 saturated heterocycles. The average Bonchev–Trinajstić information content (AvgIpc) is 2.39. The fourth-order valence-electron chi connectivity index (χ4n) is 1.56. The second kappa shape index (κ2) is 16.9. The number of methoxy groups -OCH3 is 1. The van der Waals surface area contributed by atoms with Crippen LogP contribution in [0, 0.1) is 0 Å². The zero-order chi connectivity index (χ0) is 14.9. The molecule has 0 amide bonds. The molecule has 114 valence electrons. The van der Waals surface area contributed by atoms with Gasteiger partial charge in [0.25, 0.3) is 6.47 Å². The van der Waals surface area contributed by atoms with Gasteiger partial charge >= 0.3 is 5.97 Å². The molecule has 0 aliphatic rings. The minimum absolute atomic E-state index is 0.0475. The molecule has 0 fully saturated rings. The first kappa shape index (κ1) is 20.2. The molecular formula is C14H28O5. The molecule has 0 spiro atoms. The van der Waals surface area contributed by atoms with E-state index in [-0.39, 0.29) is 18.7 Å². The number of carbonyl (C=O) groups is 2. The summed E-state index contributed by atoms with van der Waals surface area (Å²) in [4.78, 5) is 21.2. The Morgan fingerprint density at radius 3 is 2.26 bits per heavy atom. The minimum Gasteiger partial charge on any atom is -0.469 e. The van der Waals surface area contributed by atoms with Crippen LogP contribution in [0.5, 0.6) is 0 Å². The van der Waals surface area contributed by atoms with Crippen LogP contribution in [0.15, 0.2) is 0 Å². The van der Waals surface area contributed by atoms with Crippen LogP contribution in [0.3, 0.4) is 0 Å². The smallest absolute Gasteiger partial charge is 0.305 e. The van der Waals surface area contributed by atoms with E-state index >= 15 is 0 Å². The third-order valence-electron chi connectivity index (χ3n) is 2.51. The average molecular weight is 276 g/mol. The second-order valence-corrected chi connectivity index (χ2v) is 4.13. The Bertz CT molecular complexity index is 206. The third-order valence-corrected chi connectivity index (χ3v) is 2.51. The molecule has 1 unspecified atom stereocenters. The highest BCUT2D eigenvalue weighted by Gasteiger charge is 2.10. The number of rotatable bonds is 10. The predicted molar refractivity (Wildman–Crippen MR) is 73.7 cm³/mol. The molecule has 0 bridgehead atoms. The number of hydrogen-bond donors (Lipinski definition) is 1. The van der Waals surface area contributed by atoms with Crippen LogP contribution in [0.2, 0.25) is 0 Å². The Labute approximate surface area is 116 Å². The maximum absolute atomic E-state index is 10.9. The number of unbranched alkanes of at least 4 members (excludes halogenated alkanes) is 2. The first-order chi connectivity index (χ1) is 9.15. The van der Waals surface area contributed by atoms with Gasteiger partial charge in [-0.25, -0.2) is 0 Å². The molecule has 0 saturated carbocycles. The highest BCUT2D eigenvalue weighted by Crippen LogP contribution is 2.12. The van der Waals surface area contributed by atoms with Crippen molar-refractivity contribution in [2.45, 2.75) is 64.9 Å². The van der Waals surface area contributed by atoms with Gasteiger partial charge in [-0.3, -0.25) is 9.59 Å². The number of ether oxygens (including phenoxy) is 2. The van der Waals surface area contributed by atoms with Crippen molar-refractivity contribution in [1.82, 2.24) is 0 Å². The lowest BCUT2D eigenvalue weighted by Crippen LogP contribution is -2.13. The second-order valence-electron chi connectivity index (χ2n) is 4.13. The quantitative estimate of drug-likeness (QED) is 0.377. The van der Waals surface area contributed by atoms with Gasteiger partial charge in [-0.15, -0.1) is 0 Å². The number of esters is 1. The number of carbonyl (C=O) groups excluding carboxylic acids is 2. The lowest BCUT2D eigenvalue weighted by atomic mass is 10.1. The van der Waals surface area contributed by atoms with Crippen molar-refractivity contribution >= 4 is 12.4 Å². The van der Waals surface area contributed by atoms with Crippen LogP contribution in [-0.2, 0) is 19.1 Å². The van der Waals surface area contributed by atoms with Crippen molar-refractivity contribution < 1.29 is 24.2 Å². The molecule has 0 aliphatic carbocycles. The number of hydrogen-bond acceptors (Lipinski definition) is 5. The maximum atomic E-state index is 10.9. The van der Waals surface area contributed by atoms with Gasteiger partial charge in [-0.2, -0.15) is 0 Å². The number of aliphatic hydroxyl groups is 1. The highest BCUT2D eigenvalue weighted by molar-refractivity contribution is 5.68. The summed E-state index contributed by atoms with van der Waals surface area (Å²) in [6.07, 6.45) is 6.03. The van der Waals surface area contributed by atoms with Gasteiger partial charge in [0.1, 0.15) is 6.10 Å². The molecular weight excluding hydrogens is 248 g/mol. The Hall–Kier alpha value is -1.10. The predicted octanol–water partition coefficient (Wildman–Crippen LogP) is 2.45.